The number of quaternary nitrogens is 1. The number of rotatable bonds is 36. The monoisotopic (exact) mass is 757 g/mol. The van der Waals surface area contributed by atoms with Crippen molar-refractivity contribution < 1.29 is 38.2 Å². The molecule has 0 saturated heterocycles. The first-order valence-electron chi connectivity index (χ1n) is 21.0. The maximum atomic E-state index is 12.6. The molecule has 0 aromatic rings. The minimum absolute atomic E-state index is 0.0154. The van der Waals surface area contributed by atoms with Crippen molar-refractivity contribution in [1.29, 1.82) is 0 Å². The number of carboxylic acids is 1. The van der Waals surface area contributed by atoms with E-state index in [1.165, 1.54) is 51.4 Å². The summed E-state index contributed by atoms with van der Waals surface area (Å²) in [5, 5.41) is 9.60. The van der Waals surface area contributed by atoms with E-state index in [1.54, 1.807) is 6.08 Å². The summed E-state index contributed by atoms with van der Waals surface area (Å²) in [6.45, 7) is 4.48. The summed E-state index contributed by atoms with van der Waals surface area (Å²) >= 11 is 0. The van der Waals surface area contributed by atoms with Gasteiger partial charge in [0, 0.05) is 12.8 Å². The Bertz CT molecular complexity index is 1110. The van der Waals surface area contributed by atoms with Crippen molar-refractivity contribution >= 4 is 17.9 Å². The molecular weight excluding hydrogens is 679 g/mol. The maximum Gasteiger partial charge on any atom is 0.362 e. The van der Waals surface area contributed by atoms with Crippen molar-refractivity contribution in [3.63, 3.8) is 0 Å². The molecular formula is C46H78NO7+. The first-order chi connectivity index (χ1) is 26.1. The molecule has 54 heavy (non-hydrogen) atoms. The minimum atomic E-state index is -0.893. The van der Waals surface area contributed by atoms with Gasteiger partial charge in [0.05, 0.1) is 40.8 Å². The fourth-order valence-electron chi connectivity index (χ4n) is 5.63. The van der Waals surface area contributed by atoms with E-state index in [1.807, 2.05) is 27.2 Å². The fraction of sp³-hybridized carbons (Fsp3) is 0.674. The average molecular weight is 757 g/mol. The normalized spacial score (nSPS) is 13.7. The second-order valence-electron chi connectivity index (χ2n) is 14.9. The Hall–Kier alpha value is -3.23. The predicted octanol–water partition coefficient (Wildman–Crippen LogP) is 11.2. The van der Waals surface area contributed by atoms with E-state index >= 15 is 0 Å². The zero-order chi connectivity index (χ0) is 40.0. The molecule has 0 aromatic heterocycles. The number of carbonyl (C=O) groups is 3. The maximum absolute atomic E-state index is 12.6. The molecule has 0 rings (SSSR count). The lowest BCUT2D eigenvalue weighted by Crippen LogP contribution is -2.50. The van der Waals surface area contributed by atoms with Crippen molar-refractivity contribution in [2.45, 2.75) is 161 Å². The van der Waals surface area contributed by atoms with Gasteiger partial charge in [-0.25, -0.2) is 4.79 Å². The number of aliphatic carboxylic acids is 1. The largest absolute Gasteiger partial charge is 0.477 e. The van der Waals surface area contributed by atoms with Gasteiger partial charge in [-0.2, -0.15) is 0 Å². The van der Waals surface area contributed by atoms with Crippen LogP contribution in [0.4, 0.5) is 0 Å². The van der Waals surface area contributed by atoms with Crippen LogP contribution in [0.3, 0.4) is 0 Å². The summed E-state index contributed by atoms with van der Waals surface area (Å²) in [5.41, 5.74) is 0. The van der Waals surface area contributed by atoms with E-state index in [4.69, 9.17) is 14.2 Å². The topological polar surface area (TPSA) is 99.1 Å². The zero-order valence-electron chi connectivity index (χ0n) is 34.9. The molecule has 0 aliphatic carbocycles. The Labute approximate surface area is 330 Å². The Morgan fingerprint density at radius 1 is 0.593 bits per heavy atom. The van der Waals surface area contributed by atoms with Crippen LogP contribution < -0.4 is 0 Å². The molecule has 0 aliphatic heterocycles. The highest BCUT2D eigenvalue weighted by Crippen LogP contribution is 2.12. The lowest BCUT2D eigenvalue weighted by Gasteiger charge is -2.31. The Balaban J connectivity index is 4.53. The molecule has 0 spiro atoms. The lowest BCUT2D eigenvalue weighted by atomic mass is 10.1. The number of hydrogen-bond acceptors (Lipinski definition) is 6. The van der Waals surface area contributed by atoms with Gasteiger partial charge in [-0.15, -0.1) is 0 Å². The Kier molecular flexibility index (Phi) is 34.5. The molecule has 308 valence electrons. The lowest BCUT2D eigenvalue weighted by molar-refractivity contribution is -0.887. The molecule has 8 heteroatoms. The highest BCUT2D eigenvalue weighted by atomic mass is 16.6. The fourth-order valence-corrected chi connectivity index (χ4v) is 5.63. The molecule has 0 bridgehead atoms. The van der Waals surface area contributed by atoms with E-state index < -0.39 is 24.1 Å². The molecule has 0 aromatic carbocycles. The molecule has 0 aliphatic rings. The van der Waals surface area contributed by atoms with Gasteiger partial charge < -0.3 is 23.8 Å². The number of carbonyl (C=O) groups excluding carboxylic acids is 2. The Morgan fingerprint density at radius 2 is 1.09 bits per heavy atom. The SMILES string of the molecule is CC/C=C\C/C=C\C/C=C\C/C=C\C/C=C\CC(=O)OC(COCCC(C(=O)O)[N+](C)(C)C)COC(=O)CCCCCCC/C=C\CCCCCCCC. The third-order valence-corrected chi connectivity index (χ3v) is 8.87. The van der Waals surface area contributed by atoms with Gasteiger partial charge in [0.25, 0.3) is 0 Å². The van der Waals surface area contributed by atoms with Crippen LogP contribution in [-0.4, -0.2) is 80.6 Å². The number of ether oxygens (including phenoxy) is 3. The summed E-state index contributed by atoms with van der Waals surface area (Å²) in [6, 6.07) is -0.634. The van der Waals surface area contributed by atoms with Crippen molar-refractivity contribution in [3.8, 4) is 0 Å². The molecule has 0 saturated carbocycles. The van der Waals surface area contributed by atoms with Crippen molar-refractivity contribution in [2.75, 3.05) is 41.0 Å². The van der Waals surface area contributed by atoms with Crippen LogP contribution in [-0.2, 0) is 28.6 Å². The molecule has 0 radical (unpaired) electrons. The molecule has 0 fully saturated rings. The second kappa shape index (κ2) is 36.7. The molecule has 0 amide bonds. The first kappa shape index (κ1) is 50.8. The number of likely N-dealkylation sites (N-methyl/N-ethyl adjacent to an activating group) is 1. The van der Waals surface area contributed by atoms with Crippen molar-refractivity contribution in [2.24, 2.45) is 0 Å². The van der Waals surface area contributed by atoms with E-state index in [-0.39, 0.29) is 36.7 Å². The van der Waals surface area contributed by atoms with Crippen LogP contribution in [0.25, 0.3) is 0 Å². The quantitative estimate of drug-likeness (QED) is 0.0294. The first-order valence-corrected chi connectivity index (χ1v) is 21.0. The number of unbranched alkanes of at least 4 members (excludes halogenated alkanes) is 11. The molecule has 2 unspecified atom stereocenters. The summed E-state index contributed by atoms with van der Waals surface area (Å²) in [7, 11) is 5.48. The van der Waals surface area contributed by atoms with Crippen molar-refractivity contribution in [3.05, 3.63) is 72.9 Å². The standard InChI is InChI=1S/C46H77NO7/c1-6-8-10-12-14-16-18-20-22-24-26-28-30-32-34-36-44(48)53-41-42(40-52-39-38-43(46(50)51)47(3,4)5)54-45(49)37-35-33-31-29-27-25-23-21-19-17-15-13-11-9-7-2/h9,11,15,17,20-23,27,29,33,35,42-43H,6-8,10,12-14,16,18-19,24-26,28,30-32,34,36-41H2,1-5H3/p+1/b11-9-,17-15-,22-20-,23-21-,29-27-,35-33-. The highest BCUT2D eigenvalue weighted by molar-refractivity contribution is 5.72. The van der Waals surface area contributed by atoms with Gasteiger partial charge in [-0.3, -0.25) is 9.59 Å². The van der Waals surface area contributed by atoms with Crippen LogP contribution in [0.2, 0.25) is 0 Å². The van der Waals surface area contributed by atoms with Gasteiger partial charge in [-0.1, -0.05) is 138 Å². The number of carboxylic acid groups (broad SMARTS) is 1. The number of nitrogens with zero attached hydrogens (tertiary/aromatic N) is 1. The van der Waals surface area contributed by atoms with Gasteiger partial charge in [0.1, 0.15) is 6.61 Å². The number of allylic oxidation sites excluding steroid dienone is 11. The van der Waals surface area contributed by atoms with Gasteiger partial charge >= 0.3 is 17.9 Å². The van der Waals surface area contributed by atoms with E-state index in [2.05, 4.69) is 74.6 Å². The van der Waals surface area contributed by atoms with Crippen LogP contribution in [0, 0.1) is 0 Å². The zero-order valence-corrected chi connectivity index (χ0v) is 34.9. The van der Waals surface area contributed by atoms with Crippen molar-refractivity contribution in [1.82, 2.24) is 0 Å². The smallest absolute Gasteiger partial charge is 0.362 e. The Morgan fingerprint density at radius 3 is 1.61 bits per heavy atom. The van der Waals surface area contributed by atoms with E-state index in [0.717, 1.165) is 57.8 Å². The molecule has 8 nitrogen and oxygen atoms in total. The number of hydrogen-bond donors (Lipinski definition) is 1. The summed E-state index contributed by atoms with van der Waals surface area (Å²) in [4.78, 5) is 36.8. The average Bonchev–Trinajstić information content (AvgIpc) is 3.12. The van der Waals surface area contributed by atoms with E-state index in [0.29, 0.717) is 19.3 Å². The van der Waals surface area contributed by atoms with Crippen LogP contribution in [0.5, 0.6) is 0 Å². The minimum Gasteiger partial charge on any atom is -0.477 e. The third-order valence-electron chi connectivity index (χ3n) is 8.87. The van der Waals surface area contributed by atoms with E-state index in [9.17, 15) is 19.5 Å². The summed E-state index contributed by atoms with van der Waals surface area (Å²) in [5.74, 6) is -1.65. The van der Waals surface area contributed by atoms with Gasteiger partial charge in [0.2, 0.25) is 0 Å². The van der Waals surface area contributed by atoms with Crippen LogP contribution in [0.15, 0.2) is 72.9 Å². The van der Waals surface area contributed by atoms with Crippen LogP contribution in [0.1, 0.15) is 149 Å². The summed E-state index contributed by atoms with van der Waals surface area (Å²) in [6.07, 6.45) is 45.4. The van der Waals surface area contributed by atoms with Crippen LogP contribution >= 0.6 is 0 Å². The van der Waals surface area contributed by atoms with Gasteiger partial charge in [-0.05, 0) is 64.2 Å². The third kappa shape index (κ3) is 34.5. The highest BCUT2D eigenvalue weighted by Gasteiger charge is 2.31. The van der Waals surface area contributed by atoms with Gasteiger partial charge in [0.15, 0.2) is 12.1 Å². The molecule has 0 heterocycles. The second-order valence-corrected chi connectivity index (χ2v) is 14.9. The summed E-state index contributed by atoms with van der Waals surface area (Å²) < 4.78 is 17.1. The molecule has 2 atom stereocenters. The number of esters is 2. The molecule has 1 N–H and O–H groups in total. The predicted molar refractivity (Wildman–Crippen MR) is 224 cm³/mol.